The van der Waals surface area contributed by atoms with Gasteiger partial charge in [0.1, 0.15) is 0 Å². The molecule has 8 nitrogen and oxygen atoms in total. The van der Waals surface area contributed by atoms with Crippen LogP contribution in [0.2, 0.25) is 0 Å². The average molecular weight is 438 g/mol. The van der Waals surface area contributed by atoms with Gasteiger partial charge in [-0.25, -0.2) is 21.1 Å². The van der Waals surface area contributed by atoms with Crippen LogP contribution in [-0.2, 0) is 31.3 Å². The van der Waals surface area contributed by atoms with Crippen LogP contribution in [-0.4, -0.2) is 50.9 Å². The zero-order valence-electron chi connectivity index (χ0n) is 16.3. The van der Waals surface area contributed by atoms with Crippen molar-refractivity contribution in [2.45, 2.75) is 31.6 Å². The van der Waals surface area contributed by atoms with E-state index in [4.69, 9.17) is 0 Å². The highest BCUT2D eigenvalue weighted by atomic mass is 32.2. The number of rotatable bonds is 7. The fourth-order valence-electron chi connectivity index (χ4n) is 3.31. The third kappa shape index (κ3) is 4.34. The first-order valence-corrected chi connectivity index (χ1v) is 12.3. The third-order valence-electron chi connectivity index (χ3n) is 4.84. The summed E-state index contributed by atoms with van der Waals surface area (Å²) in [7, 11) is -7.47. The SMILES string of the molecule is CCN(CCc1ccncc1)S(=O)(=O)c1ccc(N2C(=O)CCS2(=O)=O)cc1C. The fourth-order valence-corrected chi connectivity index (χ4v) is 6.42. The Bertz CT molecular complexity index is 1120. The lowest BCUT2D eigenvalue weighted by molar-refractivity contribution is -0.116. The number of likely N-dealkylation sites (N-methyl/N-ethyl adjacent to an activating group) is 1. The molecule has 2 aromatic rings. The number of anilines is 1. The second-order valence-electron chi connectivity index (χ2n) is 6.78. The molecule has 10 heteroatoms. The van der Waals surface area contributed by atoms with Crippen LogP contribution in [0.1, 0.15) is 24.5 Å². The van der Waals surface area contributed by atoms with Crippen LogP contribution in [0.5, 0.6) is 0 Å². The van der Waals surface area contributed by atoms with Crippen molar-refractivity contribution in [3.8, 4) is 0 Å². The van der Waals surface area contributed by atoms with E-state index in [1.165, 1.54) is 22.5 Å². The Balaban J connectivity index is 1.87. The van der Waals surface area contributed by atoms with E-state index < -0.39 is 26.0 Å². The summed E-state index contributed by atoms with van der Waals surface area (Å²) in [5.74, 6) is -0.739. The Morgan fingerprint density at radius 1 is 1.17 bits per heavy atom. The van der Waals surface area contributed by atoms with Gasteiger partial charge in [-0.3, -0.25) is 9.78 Å². The summed E-state index contributed by atoms with van der Waals surface area (Å²) in [6.07, 6.45) is 3.81. The van der Waals surface area contributed by atoms with Gasteiger partial charge in [-0.05, 0) is 54.8 Å². The number of aryl methyl sites for hydroxylation is 1. The topological polar surface area (TPSA) is 105 Å². The largest absolute Gasteiger partial charge is 0.273 e. The normalized spacial score (nSPS) is 16.5. The molecule has 1 fully saturated rings. The summed E-state index contributed by atoms with van der Waals surface area (Å²) < 4.78 is 52.7. The number of aromatic nitrogens is 1. The van der Waals surface area contributed by atoms with E-state index in [9.17, 15) is 21.6 Å². The summed E-state index contributed by atoms with van der Waals surface area (Å²) in [5.41, 5.74) is 1.54. The van der Waals surface area contributed by atoms with Gasteiger partial charge in [0.15, 0.2) is 0 Å². The molecule has 1 aromatic heterocycles. The molecule has 29 heavy (non-hydrogen) atoms. The summed E-state index contributed by atoms with van der Waals surface area (Å²) in [5, 5.41) is 0. The van der Waals surface area contributed by atoms with Crippen molar-refractivity contribution in [3.05, 3.63) is 53.9 Å². The Morgan fingerprint density at radius 3 is 2.41 bits per heavy atom. The molecule has 0 bridgehead atoms. The van der Waals surface area contributed by atoms with Gasteiger partial charge in [0.25, 0.3) is 0 Å². The molecule has 0 aliphatic carbocycles. The summed E-state index contributed by atoms with van der Waals surface area (Å²) >= 11 is 0. The predicted molar refractivity (Wildman–Crippen MR) is 109 cm³/mol. The second-order valence-corrected chi connectivity index (χ2v) is 10.6. The molecule has 0 spiro atoms. The number of nitrogens with zero attached hydrogens (tertiary/aromatic N) is 3. The smallest absolute Gasteiger partial charge is 0.243 e. The predicted octanol–water partition coefficient (Wildman–Crippen LogP) is 1.71. The van der Waals surface area contributed by atoms with Crippen LogP contribution >= 0.6 is 0 Å². The minimum absolute atomic E-state index is 0.0694. The van der Waals surface area contributed by atoms with E-state index >= 15 is 0 Å². The van der Waals surface area contributed by atoms with Gasteiger partial charge in [0, 0.05) is 31.9 Å². The number of benzene rings is 1. The Labute approximate surface area is 171 Å². The maximum Gasteiger partial charge on any atom is 0.243 e. The standard InChI is InChI=1S/C19H23N3O5S2/c1-3-21(12-8-16-6-10-20-11-7-16)29(26,27)18-5-4-17(14-15(18)2)22-19(23)9-13-28(22,24)25/h4-7,10-11,14H,3,8-9,12-13H2,1-2H3. The number of pyridine rings is 1. The molecule has 0 saturated carbocycles. The molecule has 2 heterocycles. The Kier molecular flexibility index (Phi) is 6.06. The molecule has 1 aliphatic rings. The van der Waals surface area contributed by atoms with E-state index in [0.29, 0.717) is 25.1 Å². The first-order chi connectivity index (χ1) is 13.7. The molecular weight excluding hydrogens is 414 g/mol. The summed E-state index contributed by atoms with van der Waals surface area (Å²) in [6.45, 7) is 3.97. The van der Waals surface area contributed by atoms with Crippen LogP contribution in [0.4, 0.5) is 5.69 Å². The van der Waals surface area contributed by atoms with Gasteiger partial charge in [0.2, 0.25) is 26.0 Å². The lowest BCUT2D eigenvalue weighted by Crippen LogP contribution is -2.33. The Morgan fingerprint density at radius 2 is 1.86 bits per heavy atom. The van der Waals surface area contributed by atoms with E-state index in [1.54, 1.807) is 26.2 Å². The number of hydrogen-bond acceptors (Lipinski definition) is 6. The molecule has 0 N–H and O–H groups in total. The molecule has 1 amide bonds. The molecule has 1 aromatic carbocycles. The number of amides is 1. The maximum absolute atomic E-state index is 13.1. The van der Waals surface area contributed by atoms with Crippen molar-refractivity contribution in [1.82, 2.24) is 9.29 Å². The monoisotopic (exact) mass is 437 g/mol. The van der Waals surface area contributed by atoms with E-state index in [2.05, 4.69) is 4.98 Å². The second kappa shape index (κ2) is 8.21. The van der Waals surface area contributed by atoms with Crippen molar-refractivity contribution in [1.29, 1.82) is 0 Å². The fraction of sp³-hybridized carbons (Fsp3) is 0.368. The lowest BCUT2D eigenvalue weighted by atomic mass is 10.2. The lowest BCUT2D eigenvalue weighted by Gasteiger charge is -2.23. The van der Waals surface area contributed by atoms with Crippen molar-refractivity contribution >= 4 is 31.6 Å². The van der Waals surface area contributed by atoms with Gasteiger partial charge >= 0.3 is 0 Å². The zero-order valence-corrected chi connectivity index (χ0v) is 17.9. The van der Waals surface area contributed by atoms with Crippen LogP contribution in [0, 0.1) is 6.92 Å². The maximum atomic E-state index is 13.1. The first kappa shape index (κ1) is 21.4. The molecule has 0 radical (unpaired) electrons. The van der Waals surface area contributed by atoms with Crippen molar-refractivity contribution in [2.24, 2.45) is 0 Å². The van der Waals surface area contributed by atoms with Crippen molar-refractivity contribution < 1.29 is 21.6 Å². The van der Waals surface area contributed by atoms with E-state index in [1.807, 2.05) is 12.1 Å². The number of hydrogen-bond donors (Lipinski definition) is 0. The molecule has 1 saturated heterocycles. The molecule has 0 unspecified atom stereocenters. The quantitative estimate of drug-likeness (QED) is 0.653. The molecule has 1 aliphatic heterocycles. The minimum atomic E-state index is -3.77. The molecule has 156 valence electrons. The molecule has 0 atom stereocenters. The molecular formula is C19H23N3O5S2. The van der Waals surface area contributed by atoms with E-state index in [-0.39, 0.29) is 22.8 Å². The van der Waals surface area contributed by atoms with Gasteiger partial charge in [0.05, 0.1) is 16.3 Å². The van der Waals surface area contributed by atoms with Crippen LogP contribution in [0.3, 0.4) is 0 Å². The minimum Gasteiger partial charge on any atom is -0.273 e. The number of sulfonamides is 2. The summed E-state index contributed by atoms with van der Waals surface area (Å²) in [4.78, 5) is 16.0. The zero-order chi connectivity index (χ0) is 21.2. The van der Waals surface area contributed by atoms with Crippen LogP contribution < -0.4 is 4.31 Å². The highest BCUT2D eigenvalue weighted by Gasteiger charge is 2.37. The van der Waals surface area contributed by atoms with Gasteiger partial charge in [-0.1, -0.05) is 6.92 Å². The molecule has 3 rings (SSSR count). The van der Waals surface area contributed by atoms with Crippen LogP contribution in [0.25, 0.3) is 0 Å². The van der Waals surface area contributed by atoms with Crippen molar-refractivity contribution in [3.63, 3.8) is 0 Å². The Hall–Kier alpha value is -2.30. The average Bonchev–Trinajstić information content (AvgIpc) is 2.95. The number of carbonyl (C=O) groups excluding carboxylic acids is 1. The highest BCUT2D eigenvalue weighted by Crippen LogP contribution is 2.29. The third-order valence-corrected chi connectivity index (χ3v) is 8.67. The summed E-state index contributed by atoms with van der Waals surface area (Å²) in [6, 6.07) is 7.86. The van der Waals surface area contributed by atoms with E-state index in [0.717, 1.165) is 9.87 Å². The highest BCUT2D eigenvalue weighted by molar-refractivity contribution is 7.94. The van der Waals surface area contributed by atoms with Crippen molar-refractivity contribution in [2.75, 3.05) is 23.1 Å². The van der Waals surface area contributed by atoms with Gasteiger partial charge in [-0.15, -0.1) is 0 Å². The van der Waals surface area contributed by atoms with Gasteiger partial charge < -0.3 is 0 Å². The van der Waals surface area contributed by atoms with Gasteiger partial charge in [-0.2, -0.15) is 4.31 Å². The number of carbonyl (C=O) groups is 1. The first-order valence-electron chi connectivity index (χ1n) is 9.22. The van der Waals surface area contributed by atoms with Crippen LogP contribution in [0.15, 0.2) is 47.6 Å².